The van der Waals surface area contributed by atoms with Crippen LogP contribution >= 0.6 is 35.6 Å². The maximum Gasteiger partial charge on any atom is 0.166 e. The van der Waals surface area contributed by atoms with Crippen LogP contribution in [0.5, 0.6) is 0 Å². The van der Waals surface area contributed by atoms with E-state index in [1.54, 1.807) is 0 Å². The first-order valence-corrected chi connectivity index (χ1v) is 8.90. The molecule has 0 saturated carbocycles. The van der Waals surface area contributed by atoms with E-state index in [1.807, 2.05) is 42.1 Å². The molecular weight excluding hydrogens is 332 g/mol. The van der Waals surface area contributed by atoms with Crippen LogP contribution in [0.25, 0.3) is 0 Å². The van der Waals surface area contributed by atoms with Crippen molar-refractivity contribution in [2.45, 2.75) is 17.9 Å². The number of halogens is 1. The topological polar surface area (TPSA) is 24.1 Å². The van der Waals surface area contributed by atoms with Crippen LogP contribution in [0, 0.1) is 0 Å². The smallest absolute Gasteiger partial charge is 0.166 e. The van der Waals surface area contributed by atoms with Gasteiger partial charge in [0.1, 0.15) is 0 Å². The summed E-state index contributed by atoms with van der Waals surface area (Å²) in [5, 5.41) is 7.94. The Morgan fingerprint density at radius 2 is 1.82 bits per heavy atom. The van der Waals surface area contributed by atoms with Gasteiger partial charge in [-0.2, -0.15) is 0 Å². The van der Waals surface area contributed by atoms with Crippen molar-refractivity contribution in [1.82, 2.24) is 10.6 Å². The molecule has 0 fully saturated rings. The van der Waals surface area contributed by atoms with E-state index in [4.69, 9.17) is 23.8 Å². The molecule has 2 aromatic rings. The predicted octanol–water partition coefficient (Wildman–Crippen LogP) is 4.66. The molecule has 0 aliphatic heterocycles. The fourth-order valence-electron chi connectivity index (χ4n) is 1.93. The third-order valence-electron chi connectivity index (χ3n) is 3.12. The van der Waals surface area contributed by atoms with E-state index in [0.29, 0.717) is 5.11 Å². The third kappa shape index (κ3) is 5.87. The van der Waals surface area contributed by atoms with Gasteiger partial charge in [0.25, 0.3) is 0 Å². The minimum absolute atomic E-state index is 0.152. The molecule has 2 aromatic carbocycles. The minimum atomic E-state index is 0.152. The second kappa shape index (κ2) is 9.03. The van der Waals surface area contributed by atoms with Gasteiger partial charge in [0, 0.05) is 22.2 Å². The molecule has 0 unspecified atom stereocenters. The van der Waals surface area contributed by atoms with Crippen molar-refractivity contribution in [1.29, 1.82) is 0 Å². The van der Waals surface area contributed by atoms with Crippen molar-refractivity contribution < 1.29 is 0 Å². The summed E-state index contributed by atoms with van der Waals surface area (Å²) in [6.07, 6.45) is 0. The van der Waals surface area contributed by atoms with Crippen LogP contribution in [-0.4, -0.2) is 17.4 Å². The highest BCUT2D eigenvalue weighted by molar-refractivity contribution is 7.99. The molecule has 0 spiro atoms. The molecule has 0 bridgehead atoms. The standard InChI is InChI=1S/C17H19ClN2S2/c1-13(14-7-9-15(18)10-8-14)20-17(21)19-11-12-22-16-5-3-2-4-6-16/h2-10,13H,11-12H2,1H3,(H2,19,20,21)/t13-/m1/s1. The van der Waals surface area contributed by atoms with E-state index in [0.717, 1.165) is 22.9 Å². The van der Waals surface area contributed by atoms with Crippen LogP contribution in [0.2, 0.25) is 5.02 Å². The highest BCUT2D eigenvalue weighted by atomic mass is 35.5. The molecule has 2 rings (SSSR count). The SMILES string of the molecule is C[C@@H](NC(=S)NCCSc1ccccc1)c1ccc(Cl)cc1. The van der Waals surface area contributed by atoms with E-state index >= 15 is 0 Å². The maximum atomic E-state index is 5.90. The summed E-state index contributed by atoms with van der Waals surface area (Å²) in [4.78, 5) is 1.28. The summed E-state index contributed by atoms with van der Waals surface area (Å²) in [5.74, 6) is 0.973. The normalized spacial score (nSPS) is 11.7. The van der Waals surface area contributed by atoms with Gasteiger partial charge in [0.2, 0.25) is 0 Å². The lowest BCUT2D eigenvalue weighted by molar-refractivity contribution is 0.703. The minimum Gasteiger partial charge on any atom is -0.362 e. The average molecular weight is 351 g/mol. The second-order valence-electron chi connectivity index (χ2n) is 4.83. The molecule has 116 valence electrons. The van der Waals surface area contributed by atoms with Gasteiger partial charge in [-0.1, -0.05) is 41.9 Å². The van der Waals surface area contributed by atoms with Gasteiger partial charge in [0.05, 0.1) is 6.04 Å². The molecule has 2 N–H and O–H groups in total. The predicted molar refractivity (Wildman–Crippen MR) is 101 cm³/mol. The Morgan fingerprint density at radius 1 is 1.14 bits per heavy atom. The lowest BCUT2D eigenvalue weighted by Crippen LogP contribution is -2.37. The molecule has 1 atom stereocenters. The Balaban J connectivity index is 1.68. The van der Waals surface area contributed by atoms with Crippen LogP contribution in [-0.2, 0) is 0 Å². The number of nitrogens with one attached hydrogen (secondary N) is 2. The molecule has 0 aliphatic rings. The Labute approximate surface area is 146 Å². The Bertz CT molecular complexity index is 587. The quantitative estimate of drug-likeness (QED) is 0.449. The van der Waals surface area contributed by atoms with Crippen molar-refractivity contribution in [3.05, 3.63) is 65.2 Å². The Morgan fingerprint density at radius 3 is 2.50 bits per heavy atom. The Hall–Kier alpha value is -1.23. The zero-order valence-electron chi connectivity index (χ0n) is 12.4. The fourth-order valence-corrected chi connectivity index (χ4v) is 3.13. The lowest BCUT2D eigenvalue weighted by Gasteiger charge is -2.17. The molecule has 0 amide bonds. The largest absolute Gasteiger partial charge is 0.362 e. The summed E-state index contributed by atoms with van der Waals surface area (Å²) >= 11 is 13.0. The van der Waals surface area contributed by atoms with Gasteiger partial charge < -0.3 is 10.6 Å². The van der Waals surface area contributed by atoms with Gasteiger partial charge in [-0.15, -0.1) is 11.8 Å². The number of hydrogen-bond donors (Lipinski definition) is 2. The van der Waals surface area contributed by atoms with Gasteiger partial charge in [-0.25, -0.2) is 0 Å². The third-order valence-corrected chi connectivity index (χ3v) is 4.65. The number of benzene rings is 2. The van der Waals surface area contributed by atoms with Crippen LogP contribution in [0.4, 0.5) is 0 Å². The average Bonchev–Trinajstić information content (AvgIpc) is 2.53. The summed E-state index contributed by atoms with van der Waals surface area (Å²) < 4.78 is 0. The van der Waals surface area contributed by atoms with Crippen LogP contribution in [0.3, 0.4) is 0 Å². The van der Waals surface area contributed by atoms with Crippen molar-refractivity contribution in [3.8, 4) is 0 Å². The summed E-state index contributed by atoms with van der Waals surface area (Å²) in [7, 11) is 0. The molecular formula is C17H19ClN2S2. The highest BCUT2D eigenvalue weighted by Gasteiger charge is 2.06. The maximum absolute atomic E-state index is 5.90. The van der Waals surface area contributed by atoms with Crippen molar-refractivity contribution >= 4 is 40.7 Å². The molecule has 0 saturated heterocycles. The molecule has 0 radical (unpaired) electrons. The first-order valence-electron chi connectivity index (χ1n) is 7.13. The second-order valence-corrected chi connectivity index (χ2v) is 6.85. The lowest BCUT2D eigenvalue weighted by atomic mass is 10.1. The van der Waals surface area contributed by atoms with E-state index < -0.39 is 0 Å². The molecule has 0 aliphatic carbocycles. The van der Waals surface area contributed by atoms with Crippen LogP contribution in [0.1, 0.15) is 18.5 Å². The summed E-state index contributed by atoms with van der Waals surface area (Å²) in [6.45, 7) is 2.91. The molecule has 2 nitrogen and oxygen atoms in total. The first-order chi connectivity index (χ1) is 10.6. The number of hydrogen-bond acceptors (Lipinski definition) is 2. The zero-order chi connectivity index (χ0) is 15.8. The van der Waals surface area contributed by atoms with Gasteiger partial charge in [-0.05, 0) is 49.0 Å². The summed E-state index contributed by atoms with van der Waals surface area (Å²) in [5.41, 5.74) is 1.16. The van der Waals surface area contributed by atoms with Crippen LogP contribution in [0.15, 0.2) is 59.5 Å². The summed E-state index contributed by atoms with van der Waals surface area (Å²) in [6, 6.07) is 18.3. The van der Waals surface area contributed by atoms with Crippen molar-refractivity contribution in [2.24, 2.45) is 0 Å². The number of thioether (sulfide) groups is 1. The fraction of sp³-hybridized carbons (Fsp3) is 0.235. The molecule has 22 heavy (non-hydrogen) atoms. The van der Waals surface area contributed by atoms with Crippen LogP contribution < -0.4 is 10.6 Å². The highest BCUT2D eigenvalue weighted by Crippen LogP contribution is 2.17. The van der Waals surface area contributed by atoms with Gasteiger partial charge >= 0.3 is 0 Å². The Kier molecular flexibility index (Phi) is 7.03. The first kappa shape index (κ1) is 17.1. The monoisotopic (exact) mass is 350 g/mol. The van der Waals surface area contributed by atoms with E-state index in [2.05, 4.69) is 41.8 Å². The van der Waals surface area contributed by atoms with E-state index in [9.17, 15) is 0 Å². The zero-order valence-corrected chi connectivity index (χ0v) is 14.8. The van der Waals surface area contributed by atoms with Crippen molar-refractivity contribution in [3.63, 3.8) is 0 Å². The molecule has 0 aromatic heterocycles. The van der Waals surface area contributed by atoms with Crippen molar-refractivity contribution in [2.75, 3.05) is 12.3 Å². The van der Waals surface area contributed by atoms with E-state index in [1.165, 1.54) is 4.90 Å². The molecule has 0 heterocycles. The van der Waals surface area contributed by atoms with Gasteiger partial charge in [-0.3, -0.25) is 0 Å². The number of rotatable bonds is 6. The number of thiocarbonyl (C=S) groups is 1. The van der Waals surface area contributed by atoms with Gasteiger partial charge in [0.15, 0.2) is 5.11 Å². The van der Waals surface area contributed by atoms with E-state index in [-0.39, 0.29) is 6.04 Å². The molecule has 5 heteroatoms.